The fraction of sp³-hybridized carbons (Fsp3) is 0.615. The van der Waals surface area contributed by atoms with Crippen molar-refractivity contribution in [2.45, 2.75) is 37.6 Å². The quantitative estimate of drug-likeness (QED) is 0.886. The summed E-state index contributed by atoms with van der Waals surface area (Å²) in [6.45, 7) is 1.19. The van der Waals surface area contributed by atoms with Crippen LogP contribution in [0.15, 0.2) is 11.0 Å². The Bertz CT molecular complexity index is 556. The van der Waals surface area contributed by atoms with E-state index in [1.807, 2.05) is 0 Å². The number of hydrogen-bond acceptors (Lipinski definition) is 4. The lowest BCUT2D eigenvalue weighted by molar-refractivity contribution is 0.0681. The highest BCUT2D eigenvalue weighted by Crippen LogP contribution is 2.34. The fourth-order valence-corrected chi connectivity index (χ4v) is 2.54. The zero-order chi connectivity index (χ0) is 13.4. The Morgan fingerprint density at radius 3 is 2.58 bits per heavy atom. The minimum Gasteiger partial charge on any atom is -0.478 e. The van der Waals surface area contributed by atoms with Gasteiger partial charge < -0.3 is 9.84 Å². The fourth-order valence-electron chi connectivity index (χ4n) is 2.54. The third-order valence-electron chi connectivity index (χ3n) is 3.76. The second-order valence-corrected chi connectivity index (χ2v) is 5.15. The van der Waals surface area contributed by atoms with E-state index in [1.165, 1.54) is 10.8 Å². The molecule has 0 amide bonds. The Morgan fingerprint density at radius 1 is 1.32 bits per heavy atom. The molecule has 1 aromatic rings. The minimum atomic E-state index is -1.01. The van der Waals surface area contributed by atoms with Crippen LogP contribution in [0.2, 0.25) is 0 Å². The molecule has 19 heavy (non-hydrogen) atoms. The second kappa shape index (κ2) is 4.77. The molecule has 3 rings (SSSR count). The van der Waals surface area contributed by atoms with E-state index in [0.29, 0.717) is 18.9 Å². The zero-order valence-corrected chi connectivity index (χ0v) is 10.5. The number of carboxylic acid groups (broad SMARTS) is 1. The molecule has 6 nitrogen and oxygen atoms in total. The molecule has 0 radical (unpaired) electrons. The van der Waals surface area contributed by atoms with Gasteiger partial charge in [-0.3, -0.25) is 4.57 Å². The Labute approximate surface area is 110 Å². The van der Waals surface area contributed by atoms with Gasteiger partial charge in [-0.1, -0.05) is 0 Å². The van der Waals surface area contributed by atoms with Gasteiger partial charge in [0.25, 0.3) is 0 Å². The third-order valence-corrected chi connectivity index (χ3v) is 3.76. The van der Waals surface area contributed by atoms with Gasteiger partial charge in [-0.05, 0) is 25.7 Å². The maximum Gasteiger partial charge on any atom is 0.348 e. The van der Waals surface area contributed by atoms with Gasteiger partial charge in [0.2, 0.25) is 0 Å². The van der Waals surface area contributed by atoms with E-state index < -0.39 is 5.97 Å². The molecule has 1 aliphatic carbocycles. The molecule has 2 aliphatic rings. The van der Waals surface area contributed by atoms with Gasteiger partial charge in [0.15, 0.2) is 0 Å². The topological polar surface area (TPSA) is 81.4 Å². The molecule has 0 unspecified atom stereocenters. The molecule has 2 fully saturated rings. The zero-order valence-electron chi connectivity index (χ0n) is 10.5. The molecule has 1 aliphatic heterocycles. The summed E-state index contributed by atoms with van der Waals surface area (Å²) in [6, 6.07) is 0.141. The van der Waals surface area contributed by atoms with Crippen LogP contribution in [0.4, 0.5) is 0 Å². The van der Waals surface area contributed by atoms with Crippen LogP contribution in [0, 0.1) is 0 Å². The third kappa shape index (κ3) is 2.40. The van der Waals surface area contributed by atoms with Crippen LogP contribution in [0.3, 0.4) is 0 Å². The highest BCUT2D eigenvalue weighted by Gasteiger charge is 2.29. The summed E-state index contributed by atoms with van der Waals surface area (Å²) in [5.74, 6) is -0.996. The first kappa shape index (κ1) is 12.3. The Morgan fingerprint density at radius 2 is 2.00 bits per heavy atom. The van der Waals surface area contributed by atoms with E-state index >= 15 is 0 Å². The predicted octanol–water partition coefficient (Wildman–Crippen LogP) is 1.17. The molecule has 1 saturated heterocycles. The average Bonchev–Trinajstić information content (AvgIpc) is 3.23. The van der Waals surface area contributed by atoms with Crippen molar-refractivity contribution >= 4 is 5.97 Å². The van der Waals surface area contributed by atoms with Gasteiger partial charge in [-0.25, -0.2) is 9.59 Å². The summed E-state index contributed by atoms with van der Waals surface area (Å²) in [6.07, 6.45) is 4.77. The molecule has 0 spiro atoms. The summed E-state index contributed by atoms with van der Waals surface area (Å²) in [5, 5.41) is 9.33. The van der Waals surface area contributed by atoms with E-state index in [9.17, 15) is 14.7 Å². The van der Waals surface area contributed by atoms with E-state index in [1.54, 1.807) is 0 Å². The molecular weight excluding hydrogens is 248 g/mol. The number of ether oxygens (including phenoxy) is 1. The van der Waals surface area contributed by atoms with Crippen LogP contribution in [-0.4, -0.2) is 33.8 Å². The molecule has 0 atom stereocenters. The maximum absolute atomic E-state index is 12.0. The van der Waals surface area contributed by atoms with Crippen molar-refractivity contribution in [3.63, 3.8) is 0 Å². The van der Waals surface area contributed by atoms with Gasteiger partial charge in [0, 0.05) is 31.4 Å². The Kier molecular flexibility index (Phi) is 3.10. The molecule has 1 aromatic heterocycles. The monoisotopic (exact) mass is 264 g/mol. The van der Waals surface area contributed by atoms with Gasteiger partial charge in [-0.2, -0.15) is 4.98 Å². The van der Waals surface area contributed by atoms with Gasteiger partial charge in [0.05, 0.1) is 11.3 Å². The minimum absolute atomic E-state index is 0.0152. The highest BCUT2D eigenvalue weighted by atomic mass is 16.5. The number of nitrogens with zero attached hydrogens (tertiary/aromatic N) is 2. The van der Waals surface area contributed by atoms with Crippen molar-refractivity contribution in [2.24, 2.45) is 0 Å². The molecule has 0 bridgehead atoms. The summed E-state index contributed by atoms with van der Waals surface area (Å²) in [7, 11) is 0. The molecular formula is C13H16N2O4. The van der Waals surface area contributed by atoms with Crippen LogP contribution in [0.1, 0.15) is 53.7 Å². The van der Waals surface area contributed by atoms with Gasteiger partial charge >= 0.3 is 11.7 Å². The first-order chi connectivity index (χ1) is 9.16. The lowest BCUT2D eigenvalue weighted by Crippen LogP contribution is -2.28. The van der Waals surface area contributed by atoms with E-state index in [4.69, 9.17) is 4.74 Å². The summed E-state index contributed by atoms with van der Waals surface area (Å²) in [5.41, 5.74) is 0.269. The van der Waals surface area contributed by atoms with Crippen molar-refractivity contribution in [2.75, 3.05) is 13.2 Å². The standard InChI is InChI=1S/C13H16N2O4/c16-12(17)10-7-15(9-1-2-9)13(18)14-11(10)8-3-5-19-6-4-8/h7-9H,1-6H2,(H,16,17). The van der Waals surface area contributed by atoms with E-state index in [-0.39, 0.29) is 23.2 Å². The molecule has 6 heteroatoms. The van der Waals surface area contributed by atoms with Crippen molar-refractivity contribution in [3.05, 3.63) is 27.9 Å². The second-order valence-electron chi connectivity index (χ2n) is 5.15. The smallest absolute Gasteiger partial charge is 0.348 e. The van der Waals surface area contributed by atoms with E-state index in [0.717, 1.165) is 25.7 Å². The normalized spacial score (nSPS) is 20.4. The number of aromatic carboxylic acids is 1. The van der Waals surface area contributed by atoms with Crippen LogP contribution >= 0.6 is 0 Å². The first-order valence-corrected chi connectivity index (χ1v) is 6.61. The van der Waals surface area contributed by atoms with Crippen LogP contribution in [0.5, 0.6) is 0 Å². The largest absolute Gasteiger partial charge is 0.478 e. The Balaban J connectivity index is 2.03. The van der Waals surface area contributed by atoms with Crippen LogP contribution < -0.4 is 5.69 Å². The molecule has 1 N–H and O–H groups in total. The van der Waals surface area contributed by atoms with Crippen molar-refractivity contribution < 1.29 is 14.6 Å². The van der Waals surface area contributed by atoms with E-state index in [2.05, 4.69) is 4.98 Å². The molecule has 0 aromatic carbocycles. The molecule has 1 saturated carbocycles. The summed E-state index contributed by atoms with van der Waals surface area (Å²) in [4.78, 5) is 27.4. The number of carbonyl (C=O) groups is 1. The number of hydrogen-bond donors (Lipinski definition) is 1. The molecule has 102 valence electrons. The van der Waals surface area contributed by atoms with Crippen molar-refractivity contribution in [1.82, 2.24) is 9.55 Å². The first-order valence-electron chi connectivity index (χ1n) is 6.61. The molecule has 2 heterocycles. The summed E-state index contributed by atoms with van der Waals surface area (Å²) < 4.78 is 6.73. The lowest BCUT2D eigenvalue weighted by Gasteiger charge is -2.22. The number of rotatable bonds is 3. The predicted molar refractivity (Wildman–Crippen MR) is 66.5 cm³/mol. The van der Waals surface area contributed by atoms with Gasteiger partial charge in [-0.15, -0.1) is 0 Å². The van der Waals surface area contributed by atoms with Crippen LogP contribution in [0.25, 0.3) is 0 Å². The number of carboxylic acids is 1. The van der Waals surface area contributed by atoms with Gasteiger partial charge in [0.1, 0.15) is 0 Å². The maximum atomic E-state index is 12.0. The Hall–Kier alpha value is -1.69. The highest BCUT2D eigenvalue weighted by molar-refractivity contribution is 5.88. The summed E-state index contributed by atoms with van der Waals surface area (Å²) >= 11 is 0. The lowest BCUT2D eigenvalue weighted by atomic mass is 9.93. The van der Waals surface area contributed by atoms with Crippen LogP contribution in [-0.2, 0) is 4.74 Å². The van der Waals surface area contributed by atoms with Crippen molar-refractivity contribution in [1.29, 1.82) is 0 Å². The SMILES string of the molecule is O=C(O)c1cn(C2CC2)c(=O)nc1C1CCOCC1. The van der Waals surface area contributed by atoms with Crippen molar-refractivity contribution in [3.8, 4) is 0 Å². The average molecular weight is 264 g/mol. The number of aromatic nitrogens is 2.